The zero-order valence-electron chi connectivity index (χ0n) is 20.3. The monoisotopic (exact) mass is 515 g/mol. The van der Waals surface area contributed by atoms with E-state index in [2.05, 4.69) is 31.4 Å². The van der Waals surface area contributed by atoms with Gasteiger partial charge in [-0.15, -0.1) is 10.2 Å². The summed E-state index contributed by atoms with van der Waals surface area (Å²) in [6.45, 7) is 1.47. The zero-order chi connectivity index (χ0) is 25.9. The van der Waals surface area contributed by atoms with E-state index in [1.54, 1.807) is 12.1 Å². The Morgan fingerprint density at radius 1 is 1.17 bits per heavy atom. The number of nitrogens with zero attached hydrogens (tertiary/aromatic N) is 4. The van der Waals surface area contributed by atoms with E-state index in [-0.39, 0.29) is 46.5 Å². The number of aromatic nitrogens is 3. The molecule has 2 aliphatic rings. The highest BCUT2D eigenvalue weighted by molar-refractivity contribution is 7.93. The van der Waals surface area contributed by atoms with Crippen LogP contribution in [0.15, 0.2) is 40.7 Å². The first-order chi connectivity index (χ1) is 17.3. The van der Waals surface area contributed by atoms with Gasteiger partial charge in [0.05, 0.1) is 26.4 Å². The summed E-state index contributed by atoms with van der Waals surface area (Å²) in [7, 11) is -1.26. The van der Waals surface area contributed by atoms with Crippen molar-refractivity contribution in [2.45, 2.75) is 50.4 Å². The van der Waals surface area contributed by atoms with Crippen LogP contribution in [0.2, 0.25) is 0 Å². The van der Waals surface area contributed by atoms with Crippen LogP contribution in [0.1, 0.15) is 44.9 Å². The maximum atomic E-state index is 13.4. The number of para-hydroxylation sites is 1. The number of benzene rings is 1. The Hall–Kier alpha value is -3.56. The molecule has 0 saturated heterocycles. The summed E-state index contributed by atoms with van der Waals surface area (Å²) in [6.07, 6.45) is 5.02. The van der Waals surface area contributed by atoms with Gasteiger partial charge in [-0.1, -0.05) is 31.1 Å². The van der Waals surface area contributed by atoms with E-state index in [9.17, 15) is 18.6 Å². The summed E-state index contributed by atoms with van der Waals surface area (Å²) in [5, 5.41) is 28.6. The van der Waals surface area contributed by atoms with Crippen LogP contribution in [-0.2, 0) is 14.8 Å². The molecule has 1 saturated carbocycles. The van der Waals surface area contributed by atoms with E-state index in [0.29, 0.717) is 0 Å². The number of rotatable bonds is 8. The van der Waals surface area contributed by atoms with Gasteiger partial charge in [0, 0.05) is 0 Å². The topological polar surface area (TPSA) is 148 Å². The van der Waals surface area contributed by atoms with Crippen molar-refractivity contribution in [2.75, 3.05) is 18.9 Å². The molecule has 12 heteroatoms. The number of aromatic hydroxyl groups is 1. The molecule has 11 nitrogen and oxygen atoms in total. The summed E-state index contributed by atoms with van der Waals surface area (Å²) in [6, 6.07) is 4.60. The largest absolute Gasteiger partial charge is 0.506 e. The van der Waals surface area contributed by atoms with Crippen LogP contribution in [-0.4, -0.2) is 64.9 Å². The number of hydrogen-bond donors (Lipinski definition) is 3. The van der Waals surface area contributed by atoms with Gasteiger partial charge in [-0.2, -0.15) is 0 Å². The second kappa shape index (κ2) is 10.6. The van der Waals surface area contributed by atoms with Crippen LogP contribution in [0.3, 0.4) is 0 Å². The lowest BCUT2D eigenvalue weighted by Crippen LogP contribution is -2.41. The standard InChI is InChI=1S/C24H29N5O6S/c1-15(22(31)16-9-5-4-6-10-16)36(32,33)28-24-27-26-23(17-11-7-14-20(25-17)35-3)29(24)21-18(30)12-8-13-19(21)34-2/h8,12-16,22,30-31H,4-6,9-10H2,1-3H3,(H,27,28)/t15-,22-/m1/s1. The molecule has 3 N–H and O–H groups in total. The third-order valence-electron chi connectivity index (χ3n) is 6.45. The molecule has 2 aromatic rings. The molecular formula is C24H29N5O6S. The minimum atomic E-state index is -4.12. The van der Waals surface area contributed by atoms with Gasteiger partial charge in [0.1, 0.15) is 22.4 Å². The predicted octanol–water partition coefficient (Wildman–Crippen LogP) is 2.76. The molecule has 1 aromatic heterocycles. The Labute approximate surface area is 209 Å². The van der Waals surface area contributed by atoms with Crippen molar-refractivity contribution in [1.82, 2.24) is 14.8 Å². The number of ether oxygens (including phenoxy) is 2. The summed E-state index contributed by atoms with van der Waals surface area (Å²) in [4.78, 5) is 4.30. The Kier molecular flexibility index (Phi) is 7.51. The number of hydrogen-bond acceptors (Lipinski definition) is 9. The van der Waals surface area contributed by atoms with Crippen LogP contribution in [0.25, 0.3) is 11.4 Å². The highest BCUT2D eigenvalue weighted by Gasteiger charge is 2.36. The van der Waals surface area contributed by atoms with E-state index < -0.39 is 21.4 Å². The van der Waals surface area contributed by atoms with Crippen molar-refractivity contribution >= 4 is 27.6 Å². The van der Waals surface area contributed by atoms with Gasteiger partial charge in [0.25, 0.3) is 0 Å². The van der Waals surface area contributed by atoms with Crippen LogP contribution >= 0.6 is 0 Å². The number of phenolic OH excluding ortho intramolecular Hbond substituents is 1. The van der Waals surface area contributed by atoms with Gasteiger partial charge >= 0.3 is 0 Å². The highest BCUT2D eigenvalue weighted by atomic mass is 32.2. The average molecular weight is 516 g/mol. The van der Waals surface area contributed by atoms with E-state index in [1.807, 2.05) is 0 Å². The van der Waals surface area contributed by atoms with Crippen molar-refractivity contribution in [1.29, 1.82) is 0 Å². The minimum absolute atomic E-state index is 0.0585. The molecule has 4 rings (SSSR count). The van der Waals surface area contributed by atoms with Crippen LogP contribution in [0.4, 0.5) is 5.95 Å². The number of methoxy groups -OCH3 is 2. The quantitative estimate of drug-likeness (QED) is 0.455. The lowest BCUT2D eigenvalue weighted by molar-refractivity contribution is 0.0841. The van der Waals surface area contributed by atoms with Gasteiger partial charge in [0.15, 0.2) is 11.5 Å². The maximum absolute atomic E-state index is 13.4. The van der Waals surface area contributed by atoms with Crippen molar-refractivity contribution in [3.05, 3.63) is 41.6 Å². The molecule has 0 spiro atoms. The van der Waals surface area contributed by atoms with Gasteiger partial charge in [-0.05, 0) is 43.5 Å². The third-order valence-corrected chi connectivity index (χ3v) is 8.18. The molecule has 0 bridgehead atoms. The first-order valence-corrected chi connectivity index (χ1v) is 13.2. The van der Waals surface area contributed by atoms with E-state index in [1.165, 1.54) is 37.9 Å². The second-order valence-corrected chi connectivity index (χ2v) is 10.7. The summed E-state index contributed by atoms with van der Waals surface area (Å²) < 4.78 is 41.0. The third kappa shape index (κ3) is 5.03. The number of aliphatic imine (C=N–C) groups is 1. The molecule has 36 heavy (non-hydrogen) atoms. The zero-order valence-corrected chi connectivity index (χ0v) is 21.1. The number of aliphatic hydroxyl groups excluding tert-OH is 1. The number of phenols is 1. The maximum Gasteiger partial charge on any atom is 0.243 e. The fraction of sp³-hybridized carbons (Fsp3) is 0.458. The lowest BCUT2D eigenvalue weighted by atomic mass is 9.84. The van der Waals surface area contributed by atoms with Crippen LogP contribution in [0.5, 0.6) is 11.5 Å². The Morgan fingerprint density at radius 3 is 2.61 bits per heavy atom. The average Bonchev–Trinajstić information content (AvgIpc) is 3.30. The normalized spacial score (nSPS) is 17.8. The van der Waals surface area contributed by atoms with E-state index >= 15 is 0 Å². The Balaban J connectivity index is 1.79. The van der Waals surface area contributed by atoms with E-state index in [0.717, 1.165) is 32.1 Å². The molecule has 0 unspecified atom stereocenters. The number of aliphatic hydroxyl groups is 1. The SMILES string of the molecule is COC1=NC(c2nnc(NS(=O)(=O)[C@H](C)[C@@H](O)C3CCCCC3)n2-c2c(O)cccc2OC)=C=C=C1. The van der Waals surface area contributed by atoms with Gasteiger partial charge < -0.3 is 19.7 Å². The molecule has 2 heterocycles. The highest BCUT2D eigenvalue weighted by Crippen LogP contribution is 2.37. The summed E-state index contributed by atoms with van der Waals surface area (Å²) in [5.41, 5.74) is 5.82. The number of sulfonamides is 1. The molecule has 1 aromatic carbocycles. The molecule has 1 aliphatic carbocycles. The summed E-state index contributed by atoms with van der Waals surface area (Å²) >= 11 is 0. The second-order valence-electron chi connectivity index (χ2n) is 8.67. The van der Waals surface area contributed by atoms with Crippen molar-refractivity contribution in [2.24, 2.45) is 10.9 Å². The number of nitrogens with one attached hydrogen (secondary N) is 1. The predicted molar refractivity (Wildman–Crippen MR) is 134 cm³/mol. The first-order valence-electron chi connectivity index (χ1n) is 11.6. The van der Waals surface area contributed by atoms with Crippen LogP contribution in [0, 0.1) is 5.92 Å². The fourth-order valence-electron chi connectivity index (χ4n) is 4.43. The molecule has 0 radical (unpaired) electrons. The van der Waals surface area contributed by atoms with Crippen molar-refractivity contribution < 1.29 is 28.1 Å². The number of anilines is 1. The smallest absolute Gasteiger partial charge is 0.243 e. The lowest BCUT2D eigenvalue weighted by Gasteiger charge is -2.30. The van der Waals surface area contributed by atoms with Gasteiger partial charge in [-0.3, -0.25) is 9.29 Å². The first kappa shape index (κ1) is 25.5. The Morgan fingerprint density at radius 2 is 1.92 bits per heavy atom. The van der Waals surface area contributed by atoms with E-state index in [4.69, 9.17) is 9.47 Å². The molecule has 1 fully saturated rings. The molecule has 1 aliphatic heterocycles. The molecule has 0 amide bonds. The molecule has 192 valence electrons. The fourth-order valence-corrected chi connectivity index (χ4v) is 5.59. The Bertz CT molecular complexity index is 1360. The summed E-state index contributed by atoms with van der Waals surface area (Å²) in [5.74, 6) is 0.00219. The van der Waals surface area contributed by atoms with Crippen LogP contribution < -0.4 is 9.46 Å². The van der Waals surface area contributed by atoms with Crippen molar-refractivity contribution in [3.63, 3.8) is 0 Å². The van der Waals surface area contributed by atoms with Gasteiger partial charge in [-0.25, -0.2) is 13.4 Å². The molecular weight excluding hydrogens is 486 g/mol. The minimum Gasteiger partial charge on any atom is -0.506 e. The van der Waals surface area contributed by atoms with Gasteiger partial charge in [0.2, 0.25) is 21.9 Å². The molecule has 2 atom stereocenters. The van der Waals surface area contributed by atoms with Crippen molar-refractivity contribution in [3.8, 4) is 17.2 Å².